The molecule has 4 rings (SSSR count). The van der Waals surface area contributed by atoms with E-state index in [9.17, 15) is 9.50 Å². The van der Waals surface area contributed by atoms with E-state index < -0.39 is 5.95 Å². The van der Waals surface area contributed by atoms with Crippen LogP contribution >= 0.6 is 11.3 Å². The molecule has 0 unspecified atom stereocenters. The smallest absolute Gasteiger partial charge is 0.216 e. The number of nitrogens with two attached hydrogens (primary N) is 2. The van der Waals surface area contributed by atoms with Crippen molar-refractivity contribution in [2.75, 3.05) is 30.8 Å². The number of rotatable bonds is 5. The number of hydrogen-bond donors (Lipinski definition) is 5. The number of nitrogens with one attached hydrogen (secondary N) is 2. The Morgan fingerprint density at radius 2 is 2.13 bits per heavy atom. The number of anilines is 2. The first-order valence-electron chi connectivity index (χ1n) is 9.63. The van der Waals surface area contributed by atoms with E-state index in [0.717, 1.165) is 35.9 Å². The number of halogens is 1. The molecular formula is C20H24FN7OS. The van der Waals surface area contributed by atoms with Gasteiger partial charge in [-0.1, -0.05) is 17.4 Å². The number of H-pyrrole nitrogens is 1. The van der Waals surface area contributed by atoms with Gasteiger partial charge in [-0.15, -0.1) is 0 Å². The summed E-state index contributed by atoms with van der Waals surface area (Å²) in [5.74, 6) is -0.221. The van der Waals surface area contributed by atoms with Crippen LogP contribution in [0.2, 0.25) is 0 Å². The molecule has 0 bridgehead atoms. The normalized spacial score (nSPS) is 15.5. The summed E-state index contributed by atoms with van der Waals surface area (Å²) < 4.78 is 13.7. The minimum atomic E-state index is -0.562. The lowest BCUT2D eigenvalue weighted by molar-refractivity contribution is 0.443. The van der Waals surface area contributed by atoms with Gasteiger partial charge in [0.1, 0.15) is 11.6 Å². The average Bonchev–Trinajstić information content (AvgIpc) is 3.33. The van der Waals surface area contributed by atoms with Crippen molar-refractivity contribution in [2.45, 2.75) is 18.9 Å². The van der Waals surface area contributed by atoms with E-state index in [0.29, 0.717) is 28.7 Å². The van der Waals surface area contributed by atoms with E-state index in [4.69, 9.17) is 11.5 Å². The Kier molecular flexibility index (Phi) is 5.60. The third-order valence-electron chi connectivity index (χ3n) is 5.33. The Morgan fingerprint density at radius 1 is 1.37 bits per heavy atom. The van der Waals surface area contributed by atoms with Gasteiger partial charge < -0.3 is 26.8 Å². The van der Waals surface area contributed by atoms with Crippen LogP contribution < -0.4 is 21.7 Å². The van der Waals surface area contributed by atoms with Crippen LogP contribution in [0.1, 0.15) is 23.3 Å². The fourth-order valence-electron chi connectivity index (χ4n) is 3.57. The SMILES string of the molecule is CN(c1nc(N)c(/C=C(\N)c2ccc(-c3cn[nH]c3F)cc2O)s1)C1CCNCC1. The number of benzene rings is 1. The van der Waals surface area contributed by atoms with Crippen molar-refractivity contribution < 1.29 is 9.50 Å². The monoisotopic (exact) mass is 429 g/mol. The molecule has 1 aliphatic rings. The number of nitrogens with zero attached hydrogens (tertiary/aromatic N) is 3. The fourth-order valence-corrected chi connectivity index (χ4v) is 4.54. The standard InChI is InChI=1S/C20H24FN7OS/c1-28(12-4-6-24-7-5-12)20-26-19(23)17(30-20)9-15(22)13-3-2-11(8-16(13)29)14-10-25-27-18(14)21/h2-3,8-10,12,24,29H,4-7,22-23H2,1H3,(H,25,27)/b15-9-. The Morgan fingerprint density at radius 3 is 2.80 bits per heavy atom. The molecular weight excluding hydrogens is 405 g/mol. The first kappa shape index (κ1) is 20.2. The minimum absolute atomic E-state index is 0.0583. The van der Waals surface area contributed by atoms with Crippen LogP contribution in [-0.4, -0.2) is 46.5 Å². The highest BCUT2D eigenvalue weighted by atomic mass is 32.1. The Labute approximate surface area is 177 Å². The first-order valence-corrected chi connectivity index (χ1v) is 10.5. The second kappa shape index (κ2) is 8.33. The summed E-state index contributed by atoms with van der Waals surface area (Å²) >= 11 is 1.46. The summed E-state index contributed by atoms with van der Waals surface area (Å²) in [7, 11) is 2.03. The second-order valence-electron chi connectivity index (χ2n) is 7.27. The van der Waals surface area contributed by atoms with Crippen LogP contribution in [-0.2, 0) is 0 Å². The highest BCUT2D eigenvalue weighted by Crippen LogP contribution is 2.34. The lowest BCUT2D eigenvalue weighted by atomic mass is 10.0. The van der Waals surface area contributed by atoms with Gasteiger partial charge in [-0.3, -0.25) is 5.10 Å². The number of hydrogen-bond acceptors (Lipinski definition) is 8. The quantitative estimate of drug-likeness (QED) is 0.422. The molecule has 1 aromatic carbocycles. The lowest BCUT2D eigenvalue weighted by Crippen LogP contribution is -2.41. The molecule has 0 atom stereocenters. The van der Waals surface area contributed by atoms with Crippen molar-refractivity contribution in [2.24, 2.45) is 5.73 Å². The van der Waals surface area contributed by atoms with Gasteiger partial charge in [0.15, 0.2) is 5.13 Å². The molecule has 1 fully saturated rings. The van der Waals surface area contributed by atoms with Crippen LogP contribution in [0.15, 0.2) is 24.4 Å². The molecule has 0 spiro atoms. The van der Waals surface area contributed by atoms with Gasteiger partial charge in [-0.25, -0.2) is 4.98 Å². The van der Waals surface area contributed by atoms with E-state index in [1.165, 1.54) is 23.6 Å². The highest BCUT2D eigenvalue weighted by molar-refractivity contribution is 7.17. The van der Waals surface area contributed by atoms with Crippen LogP contribution in [0.25, 0.3) is 22.9 Å². The topological polar surface area (TPSA) is 129 Å². The van der Waals surface area contributed by atoms with Crippen LogP contribution in [0.5, 0.6) is 5.75 Å². The van der Waals surface area contributed by atoms with Gasteiger partial charge in [-0.05, 0) is 49.7 Å². The third-order valence-corrected chi connectivity index (χ3v) is 6.44. The number of aromatic nitrogens is 3. The summed E-state index contributed by atoms with van der Waals surface area (Å²) in [6.07, 6.45) is 5.18. The predicted octanol–water partition coefficient (Wildman–Crippen LogP) is 2.61. The van der Waals surface area contributed by atoms with Crippen LogP contribution in [0.3, 0.4) is 0 Å². The lowest BCUT2D eigenvalue weighted by Gasteiger charge is -2.31. The second-order valence-corrected chi connectivity index (χ2v) is 8.28. The minimum Gasteiger partial charge on any atom is -0.507 e. The number of phenolic OH excluding ortho intramolecular Hbond substituents is 1. The largest absolute Gasteiger partial charge is 0.507 e. The Hall–Kier alpha value is -3.11. The number of phenols is 1. The van der Waals surface area contributed by atoms with Crippen molar-refractivity contribution in [3.05, 3.63) is 40.8 Å². The van der Waals surface area contributed by atoms with Crippen LogP contribution in [0.4, 0.5) is 15.3 Å². The number of nitrogen functional groups attached to an aromatic ring is 1. The zero-order valence-electron chi connectivity index (χ0n) is 16.5. The van der Waals surface area contributed by atoms with Crippen molar-refractivity contribution in [3.8, 4) is 16.9 Å². The fraction of sp³-hybridized carbons (Fsp3) is 0.300. The van der Waals surface area contributed by atoms with Crippen molar-refractivity contribution >= 4 is 34.1 Å². The van der Waals surface area contributed by atoms with E-state index >= 15 is 0 Å². The highest BCUT2D eigenvalue weighted by Gasteiger charge is 2.21. The molecule has 7 N–H and O–H groups in total. The summed E-state index contributed by atoms with van der Waals surface area (Å²) in [5.41, 5.74) is 13.9. The van der Waals surface area contributed by atoms with Crippen LogP contribution in [0, 0.1) is 5.95 Å². The molecule has 8 nitrogen and oxygen atoms in total. The first-order chi connectivity index (χ1) is 14.4. The molecule has 3 heterocycles. The van der Waals surface area contributed by atoms with Gasteiger partial charge in [-0.2, -0.15) is 9.49 Å². The molecule has 1 saturated heterocycles. The summed E-state index contributed by atoms with van der Waals surface area (Å²) in [4.78, 5) is 7.40. The van der Waals surface area contributed by atoms with Gasteiger partial charge in [0, 0.05) is 24.4 Å². The summed E-state index contributed by atoms with van der Waals surface area (Å²) in [6, 6.07) is 5.19. The van der Waals surface area contributed by atoms with Gasteiger partial charge in [0.25, 0.3) is 0 Å². The van der Waals surface area contributed by atoms with Gasteiger partial charge in [0.2, 0.25) is 5.95 Å². The van der Waals surface area contributed by atoms with Crippen molar-refractivity contribution in [1.82, 2.24) is 20.5 Å². The molecule has 0 radical (unpaired) electrons. The molecule has 10 heteroatoms. The van der Waals surface area contributed by atoms with Gasteiger partial charge in [0.05, 0.1) is 16.6 Å². The molecule has 0 aliphatic carbocycles. The molecule has 30 heavy (non-hydrogen) atoms. The van der Waals surface area contributed by atoms with Crippen molar-refractivity contribution in [3.63, 3.8) is 0 Å². The Bertz CT molecular complexity index is 1070. The summed E-state index contributed by atoms with van der Waals surface area (Å²) in [5, 5.41) is 20.5. The zero-order chi connectivity index (χ0) is 21.3. The average molecular weight is 430 g/mol. The molecule has 3 aromatic rings. The third kappa shape index (κ3) is 3.96. The summed E-state index contributed by atoms with van der Waals surface area (Å²) in [6.45, 7) is 1.99. The van der Waals surface area contributed by atoms with E-state index in [1.807, 2.05) is 7.05 Å². The number of aromatic hydroxyl groups is 1. The van der Waals surface area contributed by atoms with E-state index in [-0.39, 0.29) is 11.3 Å². The maximum absolute atomic E-state index is 13.7. The number of aromatic amines is 1. The zero-order valence-corrected chi connectivity index (χ0v) is 17.3. The number of thiazole rings is 1. The molecule has 158 valence electrons. The maximum Gasteiger partial charge on any atom is 0.216 e. The van der Waals surface area contributed by atoms with E-state index in [2.05, 4.69) is 25.4 Å². The maximum atomic E-state index is 13.7. The molecule has 0 amide bonds. The Balaban J connectivity index is 1.57. The van der Waals surface area contributed by atoms with Crippen molar-refractivity contribution in [1.29, 1.82) is 0 Å². The molecule has 2 aromatic heterocycles. The molecule has 0 saturated carbocycles. The molecule has 1 aliphatic heterocycles. The van der Waals surface area contributed by atoms with Gasteiger partial charge >= 0.3 is 0 Å². The predicted molar refractivity (Wildman–Crippen MR) is 119 cm³/mol. The number of piperidine rings is 1. The van der Waals surface area contributed by atoms with E-state index in [1.54, 1.807) is 18.2 Å².